The lowest BCUT2D eigenvalue weighted by molar-refractivity contribution is -0.134. The van der Waals surface area contributed by atoms with E-state index in [1.54, 1.807) is 0 Å². The molecule has 0 bridgehead atoms. The molecule has 25 heavy (non-hydrogen) atoms. The summed E-state index contributed by atoms with van der Waals surface area (Å²) in [4.78, 5) is 12.0. The van der Waals surface area contributed by atoms with Gasteiger partial charge in [0.1, 0.15) is 0 Å². The van der Waals surface area contributed by atoms with Crippen molar-refractivity contribution < 1.29 is 9.53 Å². The fraction of sp³-hybridized carbons (Fsp3) is 0.273. The molecule has 128 valence electrons. The van der Waals surface area contributed by atoms with E-state index in [1.165, 1.54) is 13.2 Å². The van der Waals surface area contributed by atoms with E-state index >= 15 is 0 Å². The van der Waals surface area contributed by atoms with E-state index in [2.05, 4.69) is 6.07 Å². The van der Waals surface area contributed by atoms with Crippen molar-refractivity contribution in [3.05, 3.63) is 74.8 Å². The van der Waals surface area contributed by atoms with Gasteiger partial charge in [-0.15, -0.1) is 0 Å². The molecule has 0 aliphatic heterocycles. The molecule has 0 heterocycles. The number of aryl methyl sites for hydroxylation is 1. The number of methoxy groups -OCH3 is 1. The molecule has 0 amide bonds. The Morgan fingerprint density at radius 2 is 1.48 bits per heavy atom. The fourth-order valence-corrected chi connectivity index (χ4v) is 3.09. The van der Waals surface area contributed by atoms with E-state index in [1.807, 2.05) is 58.9 Å². The summed E-state index contributed by atoms with van der Waals surface area (Å²) in [6.45, 7) is 9.93. The van der Waals surface area contributed by atoms with Crippen LogP contribution in [0.15, 0.2) is 30.3 Å². The molecule has 2 aromatic rings. The van der Waals surface area contributed by atoms with Gasteiger partial charge in [-0.2, -0.15) is 5.26 Å². The van der Waals surface area contributed by atoms with Crippen LogP contribution in [0.4, 0.5) is 0 Å². The lowest BCUT2D eigenvalue weighted by atomic mass is 9.83. The zero-order valence-electron chi connectivity index (χ0n) is 15.7. The summed E-state index contributed by atoms with van der Waals surface area (Å²) >= 11 is 0. The van der Waals surface area contributed by atoms with Crippen molar-refractivity contribution in [2.45, 2.75) is 34.6 Å². The smallest absolute Gasteiger partial charge is 0.331 e. The first-order chi connectivity index (χ1) is 11.8. The number of carbonyl (C=O) groups is 1. The molecule has 0 atom stereocenters. The van der Waals surface area contributed by atoms with Gasteiger partial charge in [0.15, 0.2) is 0 Å². The van der Waals surface area contributed by atoms with Crippen LogP contribution < -0.4 is 0 Å². The van der Waals surface area contributed by atoms with Gasteiger partial charge < -0.3 is 4.74 Å². The molecule has 0 saturated carbocycles. The van der Waals surface area contributed by atoms with Crippen LogP contribution in [-0.2, 0) is 9.53 Å². The van der Waals surface area contributed by atoms with E-state index < -0.39 is 5.97 Å². The maximum Gasteiger partial charge on any atom is 0.331 e. The monoisotopic (exact) mass is 333 g/mol. The number of nitrogens with zero attached hydrogens (tertiary/aromatic N) is 1. The highest BCUT2D eigenvalue weighted by Crippen LogP contribution is 2.34. The van der Waals surface area contributed by atoms with Crippen LogP contribution in [0.1, 0.15) is 44.5 Å². The van der Waals surface area contributed by atoms with E-state index in [0.29, 0.717) is 5.56 Å². The molecule has 2 rings (SSSR count). The summed E-state index contributed by atoms with van der Waals surface area (Å²) in [5, 5.41) is 9.47. The average molecular weight is 333 g/mol. The van der Waals surface area contributed by atoms with E-state index in [9.17, 15) is 10.1 Å². The van der Waals surface area contributed by atoms with Crippen molar-refractivity contribution in [3.8, 4) is 6.07 Å². The number of carbonyl (C=O) groups excluding carboxylic acids is 1. The Kier molecular flexibility index (Phi) is 5.44. The standard InChI is InChI=1S/C22H23NO2/c1-13-7-9-18(10-8-13)19(11-21(24)25-6)22-16(4)14(2)20(12-23)15(3)17(22)5/h7-11H,1-6H3/b19-11+. The van der Waals surface area contributed by atoms with Crippen molar-refractivity contribution in [1.29, 1.82) is 5.26 Å². The van der Waals surface area contributed by atoms with Crippen LogP contribution in [0.3, 0.4) is 0 Å². The van der Waals surface area contributed by atoms with Gasteiger partial charge in [-0.05, 0) is 73.6 Å². The molecule has 0 saturated heterocycles. The molecule has 0 radical (unpaired) electrons. The van der Waals surface area contributed by atoms with Gasteiger partial charge in [0.05, 0.1) is 18.7 Å². The summed E-state index contributed by atoms with van der Waals surface area (Å²) in [7, 11) is 1.38. The Labute approximate surface area is 149 Å². The van der Waals surface area contributed by atoms with Crippen molar-refractivity contribution >= 4 is 11.5 Å². The third-order valence-corrected chi connectivity index (χ3v) is 4.83. The Bertz CT molecular complexity index is 868. The average Bonchev–Trinajstić information content (AvgIpc) is 2.60. The quantitative estimate of drug-likeness (QED) is 0.604. The second kappa shape index (κ2) is 7.36. The van der Waals surface area contributed by atoms with E-state index in [0.717, 1.165) is 44.5 Å². The summed E-state index contributed by atoms with van der Waals surface area (Å²) < 4.78 is 4.86. The third-order valence-electron chi connectivity index (χ3n) is 4.83. The predicted molar refractivity (Wildman–Crippen MR) is 100 cm³/mol. The molecular weight excluding hydrogens is 310 g/mol. The number of hydrogen-bond acceptors (Lipinski definition) is 3. The van der Waals surface area contributed by atoms with Crippen LogP contribution in [0, 0.1) is 45.9 Å². The van der Waals surface area contributed by atoms with Gasteiger partial charge in [-0.1, -0.05) is 29.8 Å². The number of ether oxygens (including phenoxy) is 1. The van der Waals surface area contributed by atoms with Gasteiger partial charge in [0, 0.05) is 6.08 Å². The Hall–Kier alpha value is -2.86. The van der Waals surface area contributed by atoms with Gasteiger partial charge in [0.2, 0.25) is 0 Å². The molecule has 3 nitrogen and oxygen atoms in total. The van der Waals surface area contributed by atoms with Crippen molar-refractivity contribution in [1.82, 2.24) is 0 Å². The Morgan fingerprint density at radius 3 is 1.92 bits per heavy atom. The minimum absolute atomic E-state index is 0.394. The highest BCUT2D eigenvalue weighted by molar-refractivity contribution is 5.97. The number of benzene rings is 2. The van der Waals surface area contributed by atoms with Crippen LogP contribution in [0.2, 0.25) is 0 Å². The summed E-state index contributed by atoms with van der Waals surface area (Å²) in [6.07, 6.45) is 1.53. The van der Waals surface area contributed by atoms with Crippen molar-refractivity contribution in [2.75, 3.05) is 7.11 Å². The second-order valence-corrected chi connectivity index (χ2v) is 6.31. The van der Waals surface area contributed by atoms with Crippen LogP contribution >= 0.6 is 0 Å². The maximum absolute atomic E-state index is 12.0. The Morgan fingerprint density at radius 1 is 0.960 bits per heavy atom. The lowest BCUT2D eigenvalue weighted by Crippen LogP contribution is -2.06. The van der Waals surface area contributed by atoms with Gasteiger partial charge >= 0.3 is 5.97 Å². The summed E-state index contributed by atoms with van der Waals surface area (Å²) in [5.74, 6) is -0.394. The zero-order valence-corrected chi connectivity index (χ0v) is 15.7. The molecule has 3 heteroatoms. The molecule has 0 spiro atoms. The topological polar surface area (TPSA) is 50.1 Å². The molecule has 0 aliphatic rings. The number of esters is 1. The predicted octanol–water partition coefficient (Wildman–Crippen LogP) is 4.71. The molecule has 0 aliphatic carbocycles. The zero-order chi connectivity index (χ0) is 18.7. The minimum Gasteiger partial charge on any atom is -0.466 e. The van der Waals surface area contributed by atoms with E-state index in [4.69, 9.17) is 4.74 Å². The normalized spacial score (nSPS) is 11.2. The third kappa shape index (κ3) is 3.49. The first kappa shape index (κ1) is 18.5. The molecule has 0 N–H and O–H groups in total. The van der Waals surface area contributed by atoms with Crippen molar-refractivity contribution in [3.63, 3.8) is 0 Å². The molecule has 2 aromatic carbocycles. The molecule has 0 unspecified atom stereocenters. The fourth-order valence-electron chi connectivity index (χ4n) is 3.09. The van der Waals surface area contributed by atoms with Gasteiger partial charge in [0.25, 0.3) is 0 Å². The van der Waals surface area contributed by atoms with Gasteiger partial charge in [-0.25, -0.2) is 4.79 Å². The number of hydrogen-bond donors (Lipinski definition) is 0. The molecule has 0 aromatic heterocycles. The largest absolute Gasteiger partial charge is 0.466 e. The molecule has 0 fully saturated rings. The number of rotatable bonds is 3. The SMILES string of the molecule is COC(=O)/C=C(\c1ccc(C)cc1)c1c(C)c(C)c(C#N)c(C)c1C. The maximum atomic E-state index is 12.0. The van der Waals surface area contributed by atoms with Crippen LogP contribution in [0.5, 0.6) is 0 Å². The summed E-state index contributed by atoms with van der Waals surface area (Å²) in [6, 6.07) is 10.4. The van der Waals surface area contributed by atoms with Gasteiger partial charge in [-0.3, -0.25) is 0 Å². The minimum atomic E-state index is -0.394. The Balaban J connectivity index is 2.85. The highest BCUT2D eigenvalue weighted by atomic mass is 16.5. The van der Waals surface area contributed by atoms with Crippen LogP contribution in [-0.4, -0.2) is 13.1 Å². The summed E-state index contributed by atoms with van der Waals surface area (Å²) in [5.41, 5.74) is 8.53. The van der Waals surface area contributed by atoms with E-state index in [-0.39, 0.29) is 0 Å². The van der Waals surface area contributed by atoms with Crippen LogP contribution in [0.25, 0.3) is 5.57 Å². The first-order valence-corrected chi connectivity index (χ1v) is 8.19. The first-order valence-electron chi connectivity index (χ1n) is 8.19. The molecular formula is C22H23NO2. The highest BCUT2D eigenvalue weighted by Gasteiger charge is 2.19. The lowest BCUT2D eigenvalue weighted by Gasteiger charge is -2.20. The number of nitriles is 1. The second-order valence-electron chi connectivity index (χ2n) is 6.31. The van der Waals surface area contributed by atoms with Crippen molar-refractivity contribution in [2.24, 2.45) is 0 Å².